The van der Waals surface area contributed by atoms with E-state index in [1.165, 1.54) is 5.56 Å². The molecule has 5 rings (SSSR count). The highest BCUT2D eigenvalue weighted by molar-refractivity contribution is 5.89. The maximum atomic E-state index is 12.7. The molecule has 1 atom stereocenters. The Bertz CT molecular complexity index is 1520. The lowest BCUT2D eigenvalue weighted by molar-refractivity contribution is 0.00674. The zero-order valence-corrected chi connectivity index (χ0v) is 26.8. The molecule has 2 aromatic heterocycles. The number of benzene rings is 2. The Morgan fingerprint density at radius 1 is 1.00 bits per heavy atom. The number of carbonyl (C=O) groups excluding carboxylic acids is 1. The molecule has 10 heteroatoms. The standard InChI is InChI=1S/C35H45N5O5/c1-5-21-35(42,6-2)24-39-22-20-31(37-39)28-12-10-26(11-13-28)27-14-18-30(19-15-27)45-33-32(34(41)44-7-3)36-38-40(33)23-25-8-16-29(43-4)17-9-25/h8-13,16-17,20,22,27,30,42H,5-7,14-15,18-19,21,23-24H2,1-4H3/t27-,30-,35?. The van der Waals surface area contributed by atoms with Crippen LogP contribution in [-0.2, 0) is 17.8 Å². The number of esters is 1. The van der Waals surface area contributed by atoms with Gasteiger partial charge in [0, 0.05) is 11.8 Å². The number of methoxy groups -OCH3 is 1. The lowest BCUT2D eigenvalue weighted by Crippen LogP contribution is -2.33. The van der Waals surface area contributed by atoms with Crippen molar-refractivity contribution in [2.24, 2.45) is 0 Å². The van der Waals surface area contributed by atoms with Crippen molar-refractivity contribution in [2.75, 3.05) is 13.7 Å². The topological polar surface area (TPSA) is 114 Å². The van der Waals surface area contributed by atoms with Crippen LogP contribution in [0.15, 0.2) is 60.8 Å². The van der Waals surface area contributed by atoms with Gasteiger partial charge >= 0.3 is 5.97 Å². The molecule has 45 heavy (non-hydrogen) atoms. The molecule has 4 aromatic rings. The number of hydrogen-bond donors (Lipinski definition) is 1. The summed E-state index contributed by atoms with van der Waals surface area (Å²) in [5, 5.41) is 24.0. The van der Waals surface area contributed by atoms with Gasteiger partial charge in [-0.1, -0.05) is 61.9 Å². The molecule has 1 aliphatic rings. The molecule has 10 nitrogen and oxygen atoms in total. The fourth-order valence-electron chi connectivity index (χ4n) is 6.09. The van der Waals surface area contributed by atoms with E-state index in [1.54, 1.807) is 18.7 Å². The Morgan fingerprint density at radius 3 is 2.38 bits per heavy atom. The number of ether oxygens (including phenoxy) is 3. The minimum atomic E-state index is -0.725. The van der Waals surface area contributed by atoms with Crippen molar-refractivity contribution in [3.63, 3.8) is 0 Å². The zero-order valence-electron chi connectivity index (χ0n) is 26.8. The van der Waals surface area contributed by atoms with E-state index in [-0.39, 0.29) is 18.4 Å². The van der Waals surface area contributed by atoms with E-state index in [2.05, 4.69) is 41.5 Å². The third-order valence-electron chi connectivity index (χ3n) is 8.75. The minimum Gasteiger partial charge on any atom is -0.497 e. The lowest BCUT2D eigenvalue weighted by atomic mass is 9.82. The molecule has 0 saturated heterocycles. The molecule has 0 aliphatic heterocycles. The molecular formula is C35H45N5O5. The Balaban J connectivity index is 1.21. The van der Waals surface area contributed by atoms with Crippen LogP contribution in [-0.4, -0.2) is 61.3 Å². The van der Waals surface area contributed by atoms with Gasteiger partial charge in [-0.25, -0.2) is 9.48 Å². The van der Waals surface area contributed by atoms with Crippen molar-refractivity contribution < 1.29 is 24.1 Å². The first-order valence-corrected chi connectivity index (χ1v) is 16.1. The van der Waals surface area contributed by atoms with Gasteiger partial charge in [0.05, 0.1) is 38.1 Å². The van der Waals surface area contributed by atoms with Crippen molar-refractivity contribution >= 4 is 5.97 Å². The average molecular weight is 616 g/mol. The summed E-state index contributed by atoms with van der Waals surface area (Å²) in [6, 6.07) is 18.4. The van der Waals surface area contributed by atoms with Gasteiger partial charge in [0.2, 0.25) is 11.6 Å². The Kier molecular flexibility index (Phi) is 10.5. The van der Waals surface area contributed by atoms with E-state index in [9.17, 15) is 9.90 Å². The molecule has 0 spiro atoms. The summed E-state index contributed by atoms with van der Waals surface area (Å²) < 4.78 is 20.4. The molecule has 0 bridgehead atoms. The largest absolute Gasteiger partial charge is 0.497 e. The third kappa shape index (κ3) is 7.92. The van der Waals surface area contributed by atoms with Crippen molar-refractivity contribution in [3.8, 4) is 22.9 Å². The van der Waals surface area contributed by atoms with Crippen LogP contribution in [0.5, 0.6) is 11.6 Å². The van der Waals surface area contributed by atoms with Crippen molar-refractivity contribution in [1.29, 1.82) is 0 Å². The predicted octanol–water partition coefficient (Wildman–Crippen LogP) is 6.42. The molecule has 240 valence electrons. The lowest BCUT2D eigenvalue weighted by Gasteiger charge is -2.29. The number of carbonyl (C=O) groups is 1. The van der Waals surface area contributed by atoms with Gasteiger partial charge in [-0.3, -0.25) is 4.68 Å². The number of hydrogen-bond acceptors (Lipinski definition) is 8. The molecule has 1 saturated carbocycles. The van der Waals surface area contributed by atoms with Gasteiger partial charge in [0.25, 0.3) is 0 Å². The molecule has 1 unspecified atom stereocenters. The van der Waals surface area contributed by atoms with Crippen LogP contribution >= 0.6 is 0 Å². The smallest absolute Gasteiger partial charge is 0.364 e. The van der Waals surface area contributed by atoms with Crippen molar-refractivity contribution in [3.05, 3.63) is 77.6 Å². The van der Waals surface area contributed by atoms with E-state index in [1.807, 2.05) is 48.1 Å². The molecular weight excluding hydrogens is 570 g/mol. The van der Waals surface area contributed by atoms with Gasteiger partial charge in [0.1, 0.15) is 11.9 Å². The van der Waals surface area contributed by atoms with Gasteiger partial charge in [0.15, 0.2) is 0 Å². The van der Waals surface area contributed by atoms with Crippen LogP contribution in [0.1, 0.15) is 93.3 Å². The van der Waals surface area contributed by atoms with Crippen molar-refractivity contribution in [1.82, 2.24) is 24.8 Å². The molecule has 1 fully saturated rings. The molecule has 2 heterocycles. The molecule has 0 radical (unpaired) electrons. The van der Waals surface area contributed by atoms with Crippen LogP contribution in [0.4, 0.5) is 0 Å². The van der Waals surface area contributed by atoms with E-state index in [0.29, 0.717) is 31.3 Å². The SMILES string of the molecule is CCCC(O)(CC)Cn1ccc(-c2ccc([C@H]3CC[C@H](Oc4c(C(=O)OCC)nnn4Cc4ccc(OC)cc4)CC3)cc2)n1. The van der Waals surface area contributed by atoms with Gasteiger partial charge in [-0.05, 0) is 80.7 Å². The third-order valence-corrected chi connectivity index (χ3v) is 8.75. The number of nitrogens with zero attached hydrogens (tertiary/aromatic N) is 5. The highest BCUT2D eigenvalue weighted by Gasteiger charge is 2.29. The Hall–Kier alpha value is -4.18. The molecule has 1 aliphatic carbocycles. The number of aromatic nitrogens is 5. The second-order valence-electron chi connectivity index (χ2n) is 11.9. The second kappa shape index (κ2) is 14.7. The van der Waals surface area contributed by atoms with Crippen LogP contribution in [0.2, 0.25) is 0 Å². The first-order chi connectivity index (χ1) is 21.8. The van der Waals surface area contributed by atoms with Crippen LogP contribution in [0.25, 0.3) is 11.3 Å². The monoisotopic (exact) mass is 615 g/mol. The van der Waals surface area contributed by atoms with Gasteiger partial charge in [-0.15, -0.1) is 5.10 Å². The number of aliphatic hydroxyl groups is 1. The highest BCUT2D eigenvalue weighted by Crippen LogP contribution is 2.36. The maximum Gasteiger partial charge on any atom is 0.364 e. The van der Waals surface area contributed by atoms with Crippen LogP contribution in [0, 0.1) is 0 Å². The highest BCUT2D eigenvalue weighted by atomic mass is 16.5. The predicted molar refractivity (Wildman–Crippen MR) is 172 cm³/mol. The van der Waals surface area contributed by atoms with E-state index in [4.69, 9.17) is 19.3 Å². The molecule has 2 aromatic carbocycles. The van der Waals surface area contributed by atoms with Gasteiger partial charge < -0.3 is 19.3 Å². The maximum absolute atomic E-state index is 12.7. The summed E-state index contributed by atoms with van der Waals surface area (Å²) in [5.74, 6) is 1.02. The van der Waals surface area contributed by atoms with Crippen LogP contribution in [0.3, 0.4) is 0 Å². The summed E-state index contributed by atoms with van der Waals surface area (Å²) >= 11 is 0. The van der Waals surface area contributed by atoms with Crippen LogP contribution < -0.4 is 9.47 Å². The van der Waals surface area contributed by atoms with Crippen molar-refractivity contribution in [2.45, 2.75) is 96.4 Å². The van der Waals surface area contributed by atoms with E-state index in [0.717, 1.165) is 61.1 Å². The first kappa shape index (κ1) is 32.2. The average Bonchev–Trinajstić information content (AvgIpc) is 3.69. The number of rotatable bonds is 14. The fourth-order valence-corrected chi connectivity index (χ4v) is 6.09. The Morgan fingerprint density at radius 2 is 1.73 bits per heavy atom. The van der Waals surface area contributed by atoms with Gasteiger partial charge in [-0.2, -0.15) is 5.10 Å². The van der Waals surface area contributed by atoms with E-state index < -0.39 is 11.6 Å². The normalized spacial score (nSPS) is 17.9. The summed E-state index contributed by atoms with van der Waals surface area (Å²) in [7, 11) is 1.63. The molecule has 0 amide bonds. The Labute approximate surface area is 265 Å². The second-order valence-corrected chi connectivity index (χ2v) is 11.9. The summed E-state index contributed by atoms with van der Waals surface area (Å²) in [6.07, 6.45) is 7.95. The molecule has 1 N–H and O–H groups in total. The first-order valence-electron chi connectivity index (χ1n) is 16.1. The summed E-state index contributed by atoms with van der Waals surface area (Å²) in [5.41, 5.74) is 3.64. The fraction of sp³-hybridized carbons (Fsp3) is 0.486. The zero-order chi connectivity index (χ0) is 31.8. The quantitative estimate of drug-likeness (QED) is 0.162. The van der Waals surface area contributed by atoms with E-state index >= 15 is 0 Å². The summed E-state index contributed by atoms with van der Waals surface area (Å²) in [6.45, 7) is 7.04. The summed E-state index contributed by atoms with van der Waals surface area (Å²) in [4.78, 5) is 12.7. The minimum absolute atomic E-state index is 0.0553.